The van der Waals surface area contributed by atoms with E-state index in [1.165, 1.54) is 31.5 Å². The van der Waals surface area contributed by atoms with E-state index in [9.17, 15) is 5.11 Å². The first kappa shape index (κ1) is 10.5. The lowest BCUT2D eigenvalue weighted by Gasteiger charge is -2.31. The second-order valence-electron chi connectivity index (χ2n) is 4.30. The minimum atomic E-state index is 0.394. The lowest BCUT2D eigenvalue weighted by molar-refractivity contribution is 0.222. The zero-order valence-electron chi connectivity index (χ0n) is 9.32. The molecule has 1 heterocycles. The van der Waals surface area contributed by atoms with Crippen molar-refractivity contribution < 1.29 is 5.11 Å². The molecular formula is C13H19NO. The van der Waals surface area contributed by atoms with Gasteiger partial charge in [-0.25, -0.2) is 0 Å². The molecule has 0 radical (unpaired) electrons. The van der Waals surface area contributed by atoms with Crippen molar-refractivity contribution in [1.82, 2.24) is 4.90 Å². The predicted octanol–water partition coefficient (Wildman–Crippen LogP) is 2.59. The highest BCUT2D eigenvalue weighted by molar-refractivity contribution is 5.29. The number of likely N-dealkylation sites (tertiary alicyclic amines) is 1. The van der Waals surface area contributed by atoms with Crippen molar-refractivity contribution in [3.8, 4) is 5.75 Å². The number of piperidine rings is 1. The Morgan fingerprint density at radius 1 is 1.33 bits per heavy atom. The van der Waals surface area contributed by atoms with Crippen LogP contribution in [0, 0.1) is 0 Å². The second kappa shape index (κ2) is 4.67. The monoisotopic (exact) mass is 205 g/mol. The number of phenolic OH excluding ortho intramolecular Hbond substituents is 1. The SMILES string of the molecule is CCN1CCC(c2cccc(O)c2)CC1. The summed E-state index contributed by atoms with van der Waals surface area (Å²) < 4.78 is 0. The van der Waals surface area contributed by atoms with E-state index in [0.29, 0.717) is 11.7 Å². The fraction of sp³-hybridized carbons (Fsp3) is 0.538. The Balaban J connectivity index is 2.01. The van der Waals surface area contributed by atoms with Crippen LogP contribution in [0.15, 0.2) is 24.3 Å². The van der Waals surface area contributed by atoms with Crippen molar-refractivity contribution in [2.75, 3.05) is 19.6 Å². The third-order valence-corrected chi connectivity index (χ3v) is 3.38. The van der Waals surface area contributed by atoms with Crippen molar-refractivity contribution >= 4 is 0 Å². The van der Waals surface area contributed by atoms with Crippen LogP contribution in [0.1, 0.15) is 31.2 Å². The highest BCUT2D eigenvalue weighted by Gasteiger charge is 2.19. The molecule has 0 spiro atoms. The van der Waals surface area contributed by atoms with Gasteiger partial charge < -0.3 is 10.0 Å². The first-order chi connectivity index (χ1) is 7.29. The van der Waals surface area contributed by atoms with Gasteiger partial charge in [0.1, 0.15) is 5.75 Å². The molecule has 1 aliphatic heterocycles. The maximum absolute atomic E-state index is 9.43. The predicted molar refractivity (Wildman–Crippen MR) is 62.2 cm³/mol. The van der Waals surface area contributed by atoms with Crippen molar-refractivity contribution in [3.05, 3.63) is 29.8 Å². The summed E-state index contributed by atoms with van der Waals surface area (Å²) in [6, 6.07) is 7.72. The molecule has 2 nitrogen and oxygen atoms in total. The molecule has 0 amide bonds. The van der Waals surface area contributed by atoms with E-state index in [1.54, 1.807) is 6.07 Å². The summed E-state index contributed by atoms with van der Waals surface area (Å²) in [5, 5.41) is 9.43. The Kier molecular flexibility index (Phi) is 3.27. The Hall–Kier alpha value is -1.02. The van der Waals surface area contributed by atoms with Crippen LogP contribution in [0.5, 0.6) is 5.75 Å². The summed E-state index contributed by atoms with van der Waals surface area (Å²) in [7, 11) is 0. The summed E-state index contributed by atoms with van der Waals surface area (Å²) in [6.07, 6.45) is 2.44. The van der Waals surface area contributed by atoms with E-state index in [0.717, 1.165) is 6.54 Å². The summed E-state index contributed by atoms with van der Waals surface area (Å²) in [5.41, 5.74) is 1.30. The first-order valence-corrected chi connectivity index (χ1v) is 5.81. The molecule has 15 heavy (non-hydrogen) atoms. The van der Waals surface area contributed by atoms with Gasteiger partial charge in [-0.05, 0) is 56.1 Å². The molecule has 1 aliphatic rings. The highest BCUT2D eigenvalue weighted by Crippen LogP contribution is 2.29. The minimum absolute atomic E-state index is 0.394. The van der Waals surface area contributed by atoms with E-state index in [4.69, 9.17) is 0 Å². The quantitative estimate of drug-likeness (QED) is 0.802. The van der Waals surface area contributed by atoms with Crippen molar-refractivity contribution in [3.63, 3.8) is 0 Å². The lowest BCUT2D eigenvalue weighted by Crippen LogP contribution is -2.32. The van der Waals surface area contributed by atoms with Crippen LogP contribution in [-0.2, 0) is 0 Å². The van der Waals surface area contributed by atoms with Crippen molar-refractivity contribution in [1.29, 1.82) is 0 Å². The smallest absolute Gasteiger partial charge is 0.115 e. The maximum Gasteiger partial charge on any atom is 0.115 e. The normalized spacial score (nSPS) is 19.3. The van der Waals surface area contributed by atoms with Gasteiger partial charge in [0.2, 0.25) is 0 Å². The van der Waals surface area contributed by atoms with Gasteiger partial charge in [-0.1, -0.05) is 19.1 Å². The topological polar surface area (TPSA) is 23.5 Å². The molecule has 0 aliphatic carbocycles. The summed E-state index contributed by atoms with van der Waals surface area (Å²) in [5.74, 6) is 1.03. The molecule has 1 saturated heterocycles. The van der Waals surface area contributed by atoms with Gasteiger partial charge in [0.05, 0.1) is 0 Å². The number of hydrogen-bond donors (Lipinski definition) is 1. The molecule has 0 saturated carbocycles. The van der Waals surface area contributed by atoms with Gasteiger partial charge >= 0.3 is 0 Å². The van der Waals surface area contributed by atoms with E-state index >= 15 is 0 Å². The summed E-state index contributed by atoms with van der Waals surface area (Å²) in [6.45, 7) is 5.76. The largest absolute Gasteiger partial charge is 0.508 e. The molecule has 1 N–H and O–H groups in total. The Morgan fingerprint density at radius 2 is 2.07 bits per heavy atom. The van der Waals surface area contributed by atoms with Crippen LogP contribution in [0.25, 0.3) is 0 Å². The minimum Gasteiger partial charge on any atom is -0.508 e. The fourth-order valence-electron chi connectivity index (χ4n) is 2.36. The van der Waals surface area contributed by atoms with Gasteiger partial charge in [0.25, 0.3) is 0 Å². The van der Waals surface area contributed by atoms with Gasteiger partial charge in [-0.2, -0.15) is 0 Å². The summed E-state index contributed by atoms with van der Waals surface area (Å²) >= 11 is 0. The molecule has 1 aromatic carbocycles. The van der Waals surface area contributed by atoms with Gasteiger partial charge in [0.15, 0.2) is 0 Å². The van der Waals surface area contributed by atoms with Crippen LogP contribution in [-0.4, -0.2) is 29.6 Å². The zero-order chi connectivity index (χ0) is 10.7. The van der Waals surface area contributed by atoms with Crippen LogP contribution < -0.4 is 0 Å². The zero-order valence-corrected chi connectivity index (χ0v) is 9.32. The van der Waals surface area contributed by atoms with E-state index in [-0.39, 0.29) is 0 Å². The number of aromatic hydroxyl groups is 1. The maximum atomic E-state index is 9.43. The molecule has 1 aromatic rings. The molecule has 0 bridgehead atoms. The average Bonchev–Trinajstić information content (AvgIpc) is 2.29. The van der Waals surface area contributed by atoms with Crippen molar-refractivity contribution in [2.45, 2.75) is 25.7 Å². The van der Waals surface area contributed by atoms with Crippen LogP contribution in [0.3, 0.4) is 0 Å². The van der Waals surface area contributed by atoms with E-state index in [2.05, 4.69) is 17.9 Å². The third kappa shape index (κ3) is 2.51. The molecule has 82 valence electrons. The van der Waals surface area contributed by atoms with E-state index in [1.807, 2.05) is 12.1 Å². The molecular weight excluding hydrogens is 186 g/mol. The average molecular weight is 205 g/mol. The number of hydrogen-bond acceptors (Lipinski definition) is 2. The molecule has 1 fully saturated rings. The van der Waals surface area contributed by atoms with Crippen LogP contribution >= 0.6 is 0 Å². The fourth-order valence-corrected chi connectivity index (χ4v) is 2.36. The third-order valence-electron chi connectivity index (χ3n) is 3.38. The molecule has 2 heteroatoms. The van der Waals surface area contributed by atoms with Gasteiger partial charge in [-0.15, -0.1) is 0 Å². The number of benzene rings is 1. The molecule has 0 unspecified atom stereocenters. The second-order valence-corrected chi connectivity index (χ2v) is 4.30. The lowest BCUT2D eigenvalue weighted by atomic mass is 9.89. The molecule has 0 aromatic heterocycles. The van der Waals surface area contributed by atoms with Crippen LogP contribution in [0.2, 0.25) is 0 Å². The van der Waals surface area contributed by atoms with Crippen LogP contribution in [0.4, 0.5) is 0 Å². The van der Waals surface area contributed by atoms with Crippen molar-refractivity contribution in [2.24, 2.45) is 0 Å². The highest BCUT2D eigenvalue weighted by atomic mass is 16.3. The van der Waals surface area contributed by atoms with Gasteiger partial charge in [0, 0.05) is 0 Å². The first-order valence-electron chi connectivity index (χ1n) is 5.81. The standard InChI is InChI=1S/C13H19NO/c1-2-14-8-6-11(7-9-14)12-4-3-5-13(15)10-12/h3-5,10-11,15H,2,6-9H2,1H3. The van der Waals surface area contributed by atoms with Gasteiger partial charge in [-0.3, -0.25) is 0 Å². The van der Waals surface area contributed by atoms with E-state index < -0.39 is 0 Å². The number of phenols is 1. The molecule has 2 rings (SSSR count). The summed E-state index contributed by atoms with van der Waals surface area (Å²) in [4.78, 5) is 2.49. The Labute approximate surface area is 91.5 Å². The Morgan fingerprint density at radius 3 is 2.67 bits per heavy atom. The number of rotatable bonds is 2. The number of nitrogens with zero attached hydrogens (tertiary/aromatic N) is 1. The molecule has 0 atom stereocenters. The Bertz CT molecular complexity index is 316.